The van der Waals surface area contributed by atoms with Crippen LogP contribution in [0.3, 0.4) is 0 Å². The molecule has 0 bridgehead atoms. The molecular weight excluding hydrogens is 327 g/mol. The molecule has 2 aromatic carbocycles. The molecule has 0 aliphatic heterocycles. The van der Waals surface area contributed by atoms with Crippen molar-refractivity contribution in [2.45, 2.75) is 38.3 Å². The van der Waals surface area contributed by atoms with Crippen molar-refractivity contribution >= 4 is 25.8 Å². The summed E-state index contributed by atoms with van der Waals surface area (Å²) >= 11 is 6.13. The lowest BCUT2D eigenvalue weighted by Gasteiger charge is -2.10. The van der Waals surface area contributed by atoms with Crippen molar-refractivity contribution in [3.63, 3.8) is 0 Å². The van der Waals surface area contributed by atoms with Gasteiger partial charge in [-0.25, -0.2) is 0 Å². The number of ketones is 1. The van der Waals surface area contributed by atoms with Gasteiger partial charge in [0.1, 0.15) is 0 Å². The summed E-state index contributed by atoms with van der Waals surface area (Å²) in [6.45, 7) is 1.90. The molecule has 0 spiro atoms. The smallest absolute Gasteiger partial charge is 0.164 e. The van der Waals surface area contributed by atoms with Crippen LogP contribution in [-0.2, 0) is 4.57 Å². The Morgan fingerprint density at radius 3 is 2.48 bits per heavy atom. The quantitative estimate of drug-likeness (QED) is 0.314. The zero-order chi connectivity index (χ0) is 16.7. The van der Waals surface area contributed by atoms with Gasteiger partial charge < -0.3 is 0 Å². The first-order valence-corrected chi connectivity index (χ1v) is 9.05. The van der Waals surface area contributed by atoms with Crippen LogP contribution in [-0.4, -0.2) is 5.78 Å². The molecule has 1 unspecified atom stereocenters. The first-order chi connectivity index (χ1) is 11.1. The molecule has 1 atom stereocenters. The molecule has 0 aliphatic carbocycles. The van der Waals surface area contributed by atoms with Gasteiger partial charge >= 0.3 is 0 Å². The maximum Gasteiger partial charge on any atom is 0.164 e. The first kappa shape index (κ1) is 17.8. The number of hydrogen-bond donors (Lipinski definition) is 0. The molecule has 2 aromatic rings. The third-order valence-electron chi connectivity index (χ3n) is 3.94. The maximum absolute atomic E-state index is 12.3. The Morgan fingerprint density at radius 2 is 1.83 bits per heavy atom. The van der Waals surface area contributed by atoms with Crippen molar-refractivity contribution in [2.24, 2.45) is 0 Å². The van der Waals surface area contributed by atoms with Crippen LogP contribution in [0.1, 0.15) is 52.8 Å². The molecule has 0 saturated heterocycles. The summed E-state index contributed by atoms with van der Waals surface area (Å²) in [5, 5.41) is 0.523. The van der Waals surface area contributed by atoms with Gasteiger partial charge in [0.15, 0.2) is 14.2 Å². The Hall–Kier alpha value is -1.50. The van der Waals surface area contributed by atoms with E-state index in [1.807, 2.05) is 49.4 Å². The average molecular weight is 347 g/mol. The minimum absolute atomic E-state index is 0.00773. The number of benzene rings is 2. The summed E-state index contributed by atoms with van der Waals surface area (Å²) in [7, 11) is 0.136. The van der Waals surface area contributed by atoms with Gasteiger partial charge in [-0.05, 0) is 37.0 Å². The molecule has 4 heteroatoms. The van der Waals surface area contributed by atoms with Crippen LogP contribution >= 0.6 is 20.1 Å². The van der Waals surface area contributed by atoms with Crippen LogP contribution in [0, 0.1) is 6.92 Å². The van der Waals surface area contributed by atoms with Crippen molar-refractivity contribution in [1.29, 1.82) is 0 Å². The molecular formula is C19H20ClO2P. The van der Waals surface area contributed by atoms with Crippen LogP contribution in [0.25, 0.3) is 0 Å². The van der Waals surface area contributed by atoms with E-state index in [1.54, 1.807) is 6.07 Å². The van der Waals surface area contributed by atoms with E-state index in [0.717, 1.165) is 30.4 Å². The van der Waals surface area contributed by atoms with Gasteiger partial charge in [0.25, 0.3) is 0 Å². The van der Waals surface area contributed by atoms with Gasteiger partial charge in [0, 0.05) is 12.0 Å². The van der Waals surface area contributed by atoms with Gasteiger partial charge in [-0.2, -0.15) is 0 Å². The van der Waals surface area contributed by atoms with E-state index in [0.29, 0.717) is 17.0 Å². The largest absolute Gasteiger partial charge is 0.294 e. The average Bonchev–Trinajstić information content (AvgIpc) is 2.55. The molecule has 0 aromatic heterocycles. The van der Waals surface area contributed by atoms with Gasteiger partial charge in [-0.3, -0.25) is 9.36 Å². The highest BCUT2D eigenvalue weighted by Gasteiger charge is 2.14. The monoisotopic (exact) mass is 346 g/mol. The third kappa shape index (κ3) is 4.99. The SMILES string of the molecule is Cc1cccc(Cl)c1C(=O)CCCCC(P=O)c1ccccc1. The van der Waals surface area contributed by atoms with Gasteiger partial charge in [-0.15, -0.1) is 0 Å². The molecule has 0 radical (unpaired) electrons. The minimum Gasteiger partial charge on any atom is -0.294 e. The number of hydrogen-bond acceptors (Lipinski definition) is 2. The Kier molecular flexibility index (Phi) is 6.95. The Morgan fingerprint density at radius 1 is 1.09 bits per heavy atom. The van der Waals surface area contributed by atoms with E-state index in [1.165, 1.54) is 0 Å². The number of rotatable bonds is 8. The standard InChI is InChI=1S/C19H20ClO2P/c1-14-8-7-11-16(20)19(14)17(21)12-5-6-13-18(23-22)15-9-3-2-4-10-15/h2-4,7-11,18H,5-6,12-13H2,1H3. The first-order valence-electron chi connectivity index (χ1n) is 7.79. The highest BCUT2D eigenvalue weighted by Crippen LogP contribution is 2.32. The minimum atomic E-state index is 0.00773. The van der Waals surface area contributed by atoms with E-state index in [4.69, 9.17) is 11.6 Å². The second kappa shape index (κ2) is 8.96. The van der Waals surface area contributed by atoms with E-state index in [2.05, 4.69) is 0 Å². The predicted molar refractivity (Wildman–Crippen MR) is 95.8 cm³/mol. The highest BCUT2D eigenvalue weighted by molar-refractivity contribution is 7.24. The molecule has 2 rings (SSSR count). The summed E-state index contributed by atoms with van der Waals surface area (Å²) in [4.78, 5) is 12.3. The number of carbonyl (C=O) groups is 1. The number of aryl methyl sites for hydroxylation is 1. The third-order valence-corrected chi connectivity index (χ3v) is 5.07. The summed E-state index contributed by atoms with van der Waals surface area (Å²) in [5.74, 6) is 0.0871. The van der Waals surface area contributed by atoms with Crippen molar-refractivity contribution in [3.8, 4) is 0 Å². The maximum atomic E-state index is 12.3. The van der Waals surface area contributed by atoms with Crippen LogP contribution in [0.2, 0.25) is 5.02 Å². The van der Waals surface area contributed by atoms with Crippen LogP contribution in [0.5, 0.6) is 0 Å². The molecule has 0 aliphatic rings. The lowest BCUT2D eigenvalue weighted by molar-refractivity contribution is 0.0978. The van der Waals surface area contributed by atoms with Crippen molar-refractivity contribution < 1.29 is 9.36 Å². The second-order valence-corrected chi connectivity index (χ2v) is 6.87. The van der Waals surface area contributed by atoms with Crippen molar-refractivity contribution in [1.82, 2.24) is 0 Å². The number of carbonyl (C=O) groups excluding carboxylic acids is 1. The fraction of sp³-hybridized carbons (Fsp3) is 0.316. The van der Waals surface area contributed by atoms with E-state index >= 15 is 0 Å². The van der Waals surface area contributed by atoms with Crippen molar-refractivity contribution in [2.75, 3.05) is 0 Å². The Balaban J connectivity index is 1.85. The van der Waals surface area contributed by atoms with Gasteiger partial charge in [0.2, 0.25) is 0 Å². The predicted octanol–water partition coefficient (Wildman–Crippen LogP) is 6.42. The van der Waals surface area contributed by atoms with E-state index in [-0.39, 0.29) is 19.9 Å². The van der Waals surface area contributed by atoms with Crippen LogP contribution in [0.15, 0.2) is 48.5 Å². The van der Waals surface area contributed by atoms with Crippen molar-refractivity contribution in [3.05, 3.63) is 70.2 Å². The van der Waals surface area contributed by atoms with Crippen LogP contribution in [0.4, 0.5) is 0 Å². The number of Topliss-reactive ketones (excluding diaryl/α,β-unsaturated/α-hetero) is 1. The summed E-state index contributed by atoms with van der Waals surface area (Å²) in [6, 6.07) is 15.4. The van der Waals surface area contributed by atoms with E-state index < -0.39 is 0 Å². The lowest BCUT2D eigenvalue weighted by atomic mass is 9.99. The molecule has 23 heavy (non-hydrogen) atoms. The summed E-state index contributed by atoms with van der Waals surface area (Å²) in [5.41, 5.74) is 2.64. The molecule has 0 fully saturated rings. The Bertz CT molecular complexity index is 650. The zero-order valence-electron chi connectivity index (χ0n) is 13.2. The van der Waals surface area contributed by atoms with Crippen LogP contribution < -0.4 is 0 Å². The fourth-order valence-corrected chi connectivity index (χ4v) is 3.60. The normalized spacial score (nSPS) is 12.3. The lowest BCUT2D eigenvalue weighted by Crippen LogP contribution is -2.03. The van der Waals surface area contributed by atoms with Gasteiger partial charge in [-0.1, -0.05) is 60.5 Å². The molecule has 0 heterocycles. The molecule has 2 nitrogen and oxygen atoms in total. The van der Waals surface area contributed by atoms with Gasteiger partial charge in [0.05, 0.1) is 10.7 Å². The number of unbranched alkanes of at least 4 members (excludes halogenated alkanes) is 1. The molecule has 0 saturated carbocycles. The van der Waals surface area contributed by atoms with E-state index in [9.17, 15) is 9.36 Å². The summed E-state index contributed by atoms with van der Waals surface area (Å²) in [6.07, 6.45) is 2.93. The molecule has 0 N–H and O–H groups in total. The summed E-state index contributed by atoms with van der Waals surface area (Å²) < 4.78 is 11.4. The topological polar surface area (TPSA) is 34.1 Å². The fourth-order valence-electron chi connectivity index (χ4n) is 2.69. The molecule has 0 amide bonds. The highest BCUT2D eigenvalue weighted by atomic mass is 35.5. The molecule has 120 valence electrons. The Labute approximate surface area is 144 Å². The second-order valence-electron chi connectivity index (χ2n) is 5.63. The zero-order valence-corrected chi connectivity index (χ0v) is 14.8. The number of halogens is 1.